The SMILES string of the molecule is NC(=O)c1cccc(-c2cc3c(-c4ccnc(NC5CCCC5)n4)ccc(NC4CCCC4)n3n2)c1. The Hall–Kier alpha value is -3.94. The number of nitrogens with two attached hydrogens (primary N) is 1. The van der Waals surface area contributed by atoms with E-state index in [0.29, 0.717) is 23.6 Å². The Morgan fingerprint density at radius 3 is 2.39 bits per heavy atom. The van der Waals surface area contributed by atoms with Crippen molar-refractivity contribution in [1.29, 1.82) is 0 Å². The zero-order valence-corrected chi connectivity index (χ0v) is 20.3. The van der Waals surface area contributed by atoms with Gasteiger partial charge in [-0.1, -0.05) is 37.8 Å². The van der Waals surface area contributed by atoms with Crippen LogP contribution >= 0.6 is 0 Å². The van der Waals surface area contributed by atoms with E-state index in [1.54, 1.807) is 12.1 Å². The van der Waals surface area contributed by atoms with Crippen LogP contribution < -0.4 is 16.4 Å². The number of primary amides is 1. The van der Waals surface area contributed by atoms with Crippen LogP contribution in [0.15, 0.2) is 54.7 Å². The first kappa shape index (κ1) is 22.5. The Labute approximate surface area is 210 Å². The van der Waals surface area contributed by atoms with Crippen molar-refractivity contribution >= 4 is 23.2 Å². The predicted molar refractivity (Wildman–Crippen MR) is 142 cm³/mol. The lowest BCUT2D eigenvalue weighted by Gasteiger charge is -2.16. The standard InChI is InChI=1S/C28H31N7O/c29-27(36)19-7-5-6-18(16-19)24-17-25-22(12-13-26(35(25)34-24)31-20-8-1-2-9-20)23-14-15-30-28(33-23)32-21-10-3-4-11-21/h5-7,12-17,20-21,31H,1-4,8-11H2,(H2,29,36)(H,30,32,33). The highest BCUT2D eigenvalue weighted by atomic mass is 16.1. The first-order chi connectivity index (χ1) is 17.6. The molecule has 4 N–H and O–H groups in total. The Kier molecular flexibility index (Phi) is 6.01. The molecule has 0 atom stereocenters. The normalized spacial score (nSPS) is 16.6. The van der Waals surface area contributed by atoms with Gasteiger partial charge in [-0.05, 0) is 62.1 Å². The molecule has 8 heteroatoms. The lowest BCUT2D eigenvalue weighted by Crippen LogP contribution is -2.17. The second-order valence-corrected chi connectivity index (χ2v) is 9.92. The average Bonchev–Trinajstić information content (AvgIpc) is 3.67. The van der Waals surface area contributed by atoms with Crippen molar-refractivity contribution in [2.45, 2.75) is 63.5 Å². The number of hydrogen-bond acceptors (Lipinski definition) is 6. The third-order valence-corrected chi connectivity index (χ3v) is 7.39. The molecule has 6 rings (SSSR count). The number of pyridine rings is 1. The number of rotatable bonds is 7. The minimum absolute atomic E-state index is 0.442. The molecule has 2 aliphatic carbocycles. The third kappa shape index (κ3) is 4.51. The fourth-order valence-corrected chi connectivity index (χ4v) is 5.48. The van der Waals surface area contributed by atoms with Gasteiger partial charge in [-0.3, -0.25) is 4.79 Å². The molecule has 0 saturated heterocycles. The summed E-state index contributed by atoms with van der Waals surface area (Å²) in [5.41, 5.74) is 10.4. The summed E-state index contributed by atoms with van der Waals surface area (Å²) < 4.78 is 1.96. The van der Waals surface area contributed by atoms with Gasteiger partial charge in [-0.25, -0.2) is 14.5 Å². The summed E-state index contributed by atoms with van der Waals surface area (Å²) in [5, 5.41) is 12.2. The molecule has 184 valence electrons. The Bertz CT molecular complexity index is 1400. The molecule has 3 aromatic heterocycles. The van der Waals surface area contributed by atoms with Crippen molar-refractivity contribution < 1.29 is 4.79 Å². The Balaban J connectivity index is 1.43. The highest BCUT2D eigenvalue weighted by molar-refractivity contribution is 5.94. The van der Waals surface area contributed by atoms with E-state index in [2.05, 4.69) is 33.8 Å². The minimum atomic E-state index is -0.451. The van der Waals surface area contributed by atoms with E-state index in [4.69, 9.17) is 15.8 Å². The summed E-state index contributed by atoms with van der Waals surface area (Å²) in [6.45, 7) is 0. The summed E-state index contributed by atoms with van der Waals surface area (Å²) in [6, 6.07) is 16.4. The molecule has 0 radical (unpaired) electrons. The van der Waals surface area contributed by atoms with Gasteiger partial charge in [0.25, 0.3) is 0 Å². The first-order valence-corrected chi connectivity index (χ1v) is 12.9. The molecule has 0 bridgehead atoms. The summed E-state index contributed by atoms with van der Waals surface area (Å²) >= 11 is 0. The van der Waals surface area contributed by atoms with E-state index >= 15 is 0 Å². The van der Waals surface area contributed by atoms with Gasteiger partial charge in [0, 0.05) is 35.0 Å². The number of nitrogens with zero attached hydrogens (tertiary/aromatic N) is 4. The second kappa shape index (κ2) is 9.60. The van der Waals surface area contributed by atoms with Gasteiger partial charge in [0.05, 0.1) is 16.9 Å². The van der Waals surface area contributed by atoms with Crippen molar-refractivity contribution in [3.63, 3.8) is 0 Å². The Morgan fingerprint density at radius 2 is 1.64 bits per heavy atom. The number of aromatic nitrogens is 4. The Morgan fingerprint density at radius 1 is 0.889 bits per heavy atom. The summed E-state index contributed by atoms with van der Waals surface area (Å²) in [4.78, 5) is 21.1. The van der Waals surface area contributed by atoms with Crippen LogP contribution in [0.3, 0.4) is 0 Å². The monoisotopic (exact) mass is 481 g/mol. The summed E-state index contributed by atoms with van der Waals surface area (Å²) in [6.07, 6.45) is 11.5. The topological polar surface area (TPSA) is 110 Å². The molecule has 0 aliphatic heterocycles. The van der Waals surface area contributed by atoms with Crippen molar-refractivity contribution in [2.24, 2.45) is 5.73 Å². The second-order valence-electron chi connectivity index (χ2n) is 9.92. The van der Waals surface area contributed by atoms with Crippen LogP contribution in [0.25, 0.3) is 28.0 Å². The predicted octanol–water partition coefficient (Wildman–Crippen LogP) is 5.27. The quantitative estimate of drug-likeness (QED) is 0.332. The fourth-order valence-electron chi connectivity index (χ4n) is 5.48. The van der Waals surface area contributed by atoms with Gasteiger partial charge < -0.3 is 16.4 Å². The molecule has 1 amide bonds. The number of fused-ring (bicyclic) bond motifs is 1. The fraction of sp³-hybridized carbons (Fsp3) is 0.357. The minimum Gasteiger partial charge on any atom is -0.367 e. The van der Waals surface area contributed by atoms with E-state index in [1.807, 2.05) is 28.9 Å². The molecule has 1 aromatic carbocycles. The van der Waals surface area contributed by atoms with E-state index in [1.165, 1.54) is 38.5 Å². The molecule has 8 nitrogen and oxygen atoms in total. The van der Waals surface area contributed by atoms with Gasteiger partial charge >= 0.3 is 0 Å². The van der Waals surface area contributed by atoms with Crippen LogP contribution in [-0.4, -0.2) is 37.6 Å². The van der Waals surface area contributed by atoms with Gasteiger partial charge in [-0.2, -0.15) is 5.10 Å². The molecule has 4 aromatic rings. The van der Waals surface area contributed by atoms with Crippen LogP contribution in [0.5, 0.6) is 0 Å². The summed E-state index contributed by atoms with van der Waals surface area (Å²) in [5.74, 6) is 1.17. The molecule has 36 heavy (non-hydrogen) atoms. The largest absolute Gasteiger partial charge is 0.367 e. The smallest absolute Gasteiger partial charge is 0.248 e. The molecular formula is C28H31N7O. The zero-order chi connectivity index (χ0) is 24.5. The maximum absolute atomic E-state index is 11.8. The maximum Gasteiger partial charge on any atom is 0.248 e. The highest BCUT2D eigenvalue weighted by Crippen LogP contribution is 2.32. The number of nitrogens with one attached hydrogen (secondary N) is 2. The van der Waals surface area contributed by atoms with E-state index in [9.17, 15) is 4.79 Å². The van der Waals surface area contributed by atoms with Crippen LogP contribution in [0.2, 0.25) is 0 Å². The van der Waals surface area contributed by atoms with Gasteiger partial charge in [0.2, 0.25) is 11.9 Å². The molecular weight excluding hydrogens is 450 g/mol. The highest BCUT2D eigenvalue weighted by Gasteiger charge is 2.20. The molecule has 2 aliphatic rings. The van der Waals surface area contributed by atoms with E-state index in [-0.39, 0.29) is 0 Å². The van der Waals surface area contributed by atoms with Crippen molar-refractivity contribution in [3.05, 3.63) is 60.3 Å². The number of amides is 1. The van der Waals surface area contributed by atoms with Crippen molar-refractivity contribution in [1.82, 2.24) is 19.6 Å². The molecule has 2 saturated carbocycles. The number of carbonyl (C=O) groups is 1. The van der Waals surface area contributed by atoms with Crippen molar-refractivity contribution in [3.8, 4) is 22.5 Å². The van der Waals surface area contributed by atoms with Gasteiger partial charge in [0.15, 0.2) is 0 Å². The van der Waals surface area contributed by atoms with Gasteiger partial charge in [-0.15, -0.1) is 0 Å². The first-order valence-electron chi connectivity index (χ1n) is 12.9. The van der Waals surface area contributed by atoms with Crippen LogP contribution in [0.1, 0.15) is 61.7 Å². The van der Waals surface area contributed by atoms with Crippen LogP contribution in [0.4, 0.5) is 11.8 Å². The molecule has 0 unspecified atom stereocenters. The van der Waals surface area contributed by atoms with Gasteiger partial charge in [0.1, 0.15) is 5.82 Å². The zero-order valence-electron chi connectivity index (χ0n) is 20.3. The van der Waals surface area contributed by atoms with Crippen LogP contribution in [0, 0.1) is 0 Å². The lowest BCUT2D eigenvalue weighted by atomic mass is 10.1. The lowest BCUT2D eigenvalue weighted by molar-refractivity contribution is 0.100. The van der Waals surface area contributed by atoms with Crippen LogP contribution in [-0.2, 0) is 0 Å². The van der Waals surface area contributed by atoms with Crippen molar-refractivity contribution in [2.75, 3.05) is 10.6 Å². The summed E-state index contributed by atoms with van der Waals surface area (Å²) in [7, 11) is 0. The number of anilines is 2. The number of hydrogen-bond donors (Lipinski definition) is 3. The molecule has 3 heterocycles. The van der Waals surface area contributed by atoms with E-state index < -0.39 is 5.91 Å². The third-order valence-electron chi connectivity index (χ3n) is 7.39. The molecule has 0 spiro atoms. The number of carbonyl (C=O) groups excluding carboxylic acids is 1. The average molecular weight is 482 g/mol. The number of benzene rings is 1. The molecule has 2 fully saturated rings. The van der Waals surface area contributed by atoms with E-state index in [0.717, 1.165) is 46.7 Å². The maximum atomic E-state index is 11.8.